The van der Waals surface area contributed by atoms with Crippen molar-refractivity contribution in [3.63, 3.8) is 0 Å². The van der Waals surface area contributed by atoms with Crippen molar-refractivity contribution in [3.8, 4) is 0 Å². The van der Waals surface area contributed by atoms with E-state index in [0.29, 0.717) is 6.42 Å². The summed E-state index contributed by atoms with van der Waals surface area (Å²) in [5, 5.41) is 5.28. The molecule has 2 N–H and O–H groups in total. The van der Waals surface area contributed by atoms with Crippen LogP contribution in [0.1, 0.15) is 6.42 Å². The number of aromatic nitrogens is 3. The summed E-state index contributed by atoms with van der Waals surface area (Å²) in [7, 11) is -3.23. The molecule has 1 aromatic heterocycles. The van der Waals surface area contributed by atoms with Crippen molar-refractivity contribution >= 4 is 10.0 Å². The van der Waals surface area contributed by atoms with Crippen LogP contribution in [0.25, 0.3) is 0 Å². The lowest BCUT2D eigenvalue weighted by atomic mass is 10.4. The lowest BCUT2D eigenvalue weighted by Gasteiger charge is -2.03. The summed E-state index contributed by atoms with van der Waals surface area (Å²) in [5.41, 5.74) is -1.58. The SMILES string of the molecule is CS(=O)(=O)NCCCn1[c]n[nH]c(=O)c1=O. The van der Waals surface area contributed by atoms with Gasteiger partial charge in [-0.15, -0.1) is 0 Å². The lowest BCUT2D eigenvalue weighted by Crippen LogP contribution is -2.37. The molecule has 1 aromatic rings. The van der Waals surface area contributed by atoms with Gasteiger partial charge in [0.05, 0.1) is 6.26 Å². The maximum absolute atomic E-state index is 11.2. The zero-order chi connectivity index (χ0) is 12.2. The second-order valence-corrected chi connectivity index (χ2v) is 4.96. The Bertz CT molecular complexity index is 558. The van der Waals surface area contributed by atoms with E-state index < -0.39 is 21.1 Å². The second kappa shape index (κ2) is 5.03. The Morgan fingerprint density at radius 1 is 1.50 bits per heavy atom. The monoisotopic (exact) mass is 247 g/mol. The molecule has 9 heteroatoms. The van der Waals surface area contributed by atoms with Gasteiger partial charge in [-0.05, 0) is 6.42 Å². The van der Waals surface area contributed by atoms with Gasteiger partial charge in [-0.1, -0.05) is 0 Å². The van der Waals surface area contributed by atoms with Crippen LogP contribution in [-0.4, -0.2) is 36.0 Å². The quantitative estimate of drug-likeness (QED) is 0.447. The van der Waals surface area contributed by atoms with Gasteiger partial charge in [-0.2, -0.15) is 5.10 Å². The van der Waals surface area contributed by atoms with Crippen molar-refractivity contribution in [1.29, 1.82) is 0 Å². The first-order valence-corrected chi connectivity index (χ1v) is 6.31. The third-order valence-corrected chi connectivity index (χ3v) is 2.42. The Balaban J connectivity index is 2.53. The summed E-state index contributed by atoms with van der Waals surface area (Å²) in [6, 6.07) is 0. The molecule has 0 fully saturated rings. The van der Waals surface area contributed by atoms with Crippen LogP contribution in [0.3, 0.4) is 0 Å². The van der Waals surface area contributed by atoms with Crippen molar-refractivity contribution in [3.05, 3.63) is 27.0 Å². The molecule has 8 nitrogen and oxygen atoms in total. The predicted octanol–water partition coefficient (Wildman–Crippen LogP) is -2.33. The Morgan fingerprint density at radius 2 is 2.19 bits per heavy atom. The Morgan fingerprint density at radius 3 is 2.81 bits per heavy atom. The number of aromatic amines is 1. The van der Waals surface area contributed by atoms with Crippen molar-refractivity contribution in [2.24, 2.45) is 0 Å². The van der Waals surface area contributed by atoms with Gasteiger partial charge in [-0.25, -0.2) is 18.2 Å². The van der Waals surface area contributed by atoms with E-state index in [1.54, 1.807) is 0 Å². The molecule has 0 aliphatic heterocycles. The number of aryl methyl sites for hydroxylation is 1. The zero-order valence-electron chi connectivity index (χ0n) is 8.56. The highest BCUT2D eigenvalue weighted by molar-refractivity contribution is 7.88. The summed E-state index contributed by atoms with van der Waals surface area (Å²) in [4.78, 5) is 22.0. The number of sulfonamides is 1. The normalized spacial score (nSPS) is 11.6. The highest BCUT2D eigenvalue weighted by Gasteiger charge is 2.02. The molecule has 1 radical (unpaired) electrons. The maximum Gasteiger partial charge on any atom is 0.330 e. The highest BCUT2D eigenvalue weighted by Crippen LogP contribution is 1.83. The van der Waals surface area contributed by atoms with Crippen LogP contribution in [-0.2, 0) is 16.6 Å². The van der Waals surface area contributed by atoms with Crippen molar-refractivity contribution < 1.29 is 8.42 Å². The molecule has 0 aliphatic carbocycles. The van der Waals surface area contributed by atoms with E-state index in [0.717, 1.165) is 10.8 Å². The Hall–Kier alpha value is -1.48. The van der Waals surface area contributed by atoms with Gasteiger partial charge in [0, 0.05) is 13.1 Å². The van der Waals surface area contributed by atoms with E-state index in [1.807, 2.05) is 5.10 Å². The standard InChI is InChI=1S/C7H11N4O4S/c1-16(14,15)9-3-2-4-11-5-8-10-6(12)7(11)13/h9H,2-4H2,1H3,(H,10,12). The smallest absolute Gasteiger partial charge is 0.284 e. The average molecular weight is 247 g/mol. The molecule has 1 rings (SSSR count). The van der Waals surface area contributed by atoms with Crippen LogP contribution in [0.15, 0.2) is 9.59 Å². The van der Waals surface area contributed by atoms with Crippen LogP contribution in [0.2, 0.25) is 0 Å². The third-order valence-electron chi connectivity index (χ3n) is 1.69. The zero-order valence-corrected chi connectivity index (χ0v) is 9.37. The van der Waals surface area contributed by atoms with E-state index in [1.165, 1.54) is 0 Å². The van der Waals surface area contributed by atoms with Crippen molar-refractivity contribution in [2.75, 3.05) is 12.8 Å². The Labute approximate surface area is 91.4 Å². The molecular formula is C7H11N4O4S. The van der Waals surface area contributed by atoms with Crippen LogP contribution < -0.4 is 15.8 Å². The molecule has 89 valence electrons. The largest absolute Gasteiger partial charge is 0.330 e. The van der Waals surface area contributed by atoms with E-state index >= 15 is 0 Å². The molecule has 0 unspecified atom stereocenters. The van der Waals surface area contributed by atoms with Gasteiger partial charge < -0.3 is 0 Å². The minimum Gasteiger partial charge on any atom is -0.284 e. The van der Waals surface area contributed by atoms with Crippen LogP contribution in [0, 0.1) is 6.33 Å². The van der Waals surface area contributed by atoms with Gasteiger partial charge in [0.2, 0.25) is 16.4 Å². The average Bonchev–Trinajstić information content (AvgIpc) is 2.17. The summed E-state index contributed by atoms with van der Waals surface area (Å²) >= 11 is 0. The maximum atomic E-state index is 11.2. The number of rotatable bonds is 5. The van der Waals surface area contributed by atoms with Gasteiger partial charge >= 0.3 is 11.1 Å². The van der Waals surface area contributed by atoms with E-state index in [2.05, 4.69) is 16.1 Å². The number of H-pyrrole nitrogens is 1. The number of nitrogens with zero attached hydrogens (tertiary/aromatic N) is 2. The van der Waals surface area contributed by atoms with Crippen molar-refractivity contribution in [1.82, 2.24) is 19.5 Å². The second-order valence-electron chi connectivity index (χ2n) is 3.13. The van der Waals surface area contributed by atoms with Gasteiger partial charge in [0.1, 0.15) is 0 Å². The van der Waals surface area contributed by atoms with Crippen LogP contribution >= 0.6 is 0 Å². The molecular weight excluding hydrogens is 236 g/mol. The molecule has 0 atom stereocenters. The Kier molecular flexibility index (Phi) is 3.96. The number of hydrogen-bond donors (Lipinski definition) is 2. The van der Waals surface area contributed by atoms with Crippen LogP contribution in [0.5, 0.6) is 0 Å². The summed E-state index contributed by atoms with van der Waals surface area (Å²) in [5.74, 6) is 0. The first-order chi connectivity index (χ1) is 7.40. The van der Waals surface area contributed by atoms with Crippen molar-refractivity contribution in [2.45, 2.75) is 13.0 Å². The van der Waals surface area contributed by atoms with Gasteiger partial charge in [0.25, 0.3) is 0 Å². The minimum atomic E-state index is -3.23. The topological polar surface area (TPSA) is 114 Å². The van der Waals surface area contributed by atoms with E-state index in [-0.39, 0.29) is 13.1 Å². The molecule has 1 heterocycles. The number of nitrogens with one attached hydrogen (secondary N) is 2. The first-order valence-electron chi connectivity index (χ1n) is 4.42. The lowest BCUT2D eigenvalue weighted by molar-refractivity contribution is 0.561. The number of hydrogen-bond acceptors (Lipinski definition) is 5. The van der Waals surface area contributed by atoms with E-state index in [9.17, 15) is 18.0 Å². The minimum absolute atomic E-state index is 0.179. The summed E-state index contributed by atoms with van der Waals surface area (Å²) < 4.78 is 24.7. The van der Waals surface area contributed by atoms with Gasteiger partial charge in [0.15, 0.2) is 0 Å². The molecule has 0 amide bonds. The predicted molar refractivity (Wildman–Crippen MR) is 55.4 cm³/mol. The summed E-state index contributed by atoms with van der Waals surface area (Å²) in [6.45, 7) is 0.365. The molecule has 0 saturated carbocycles. The molecule has 0 aromatic carbocycles. The molecule has 16 heavy (non-hydrogen) atoms. The highest BCUT2D eigenvalue weighted by atomic mass is 32.2. The molecule has 0 spiro atoms. The fourth-order valence-electron chi connectivity index (χ4n) is 0.998. The van der Waals surface area contributed by atoms with Crippen LogP contribution in [0.4, 0.5) is 0 Å². The first kappa shape index (κ1) is 12.6. The molecule has 0 saturated heterocycles. The summed E-state index contributed by atoms with van der Waals surface area (Å²) in [6.07, 6.45) is 3.71. The fraction of sp³-hybridized carbons (Fsp3) is 0.571. The fourth-order valence-corrected chi connectivity index (χ4v) is 1.51. The van der Waals surface area contributed by atoms with Gasteiger partial charge in [-0.3, -0.25) is 14.2 Å². The molecule has 0 aliphatic rings. The molecule has 0 bridgehead atoms. The van der Waals surface area contributed by atoms with E-state index in [4.69, 9.17) is 0 Å². The third kappa shape index (κ3) is 3.95.